The van der Waals surface area contributed by atoms with Gasteiger partial charge in [-0.05, 0) is 29.1 Å². The average molecular weight is 208 g/mol. The molecule has 2 nitrogen and oxygen atoms in total. The highest BCUT2D eigenvalue weighted by molar-refractivity contribution is 6.31. The number of halogens is 1. The Balaban J connectivity index is 2.39. The molecule has 14 heavy (non-hydrogen) atoms. The summed E-state index contributed by atoms with van der Waals surface area (Å²) < 4.78 is 4.79. The van der Waals surface area contributed by atoms with Gasteiger partial charge in [-0.1, -0.05) is 36.3 Å². The van der Waals surface area contributed by atoms with Crippen LogP contribution in [0.4, 0.5) is 0 Å². The van der Waals surface area contributed by atoms with Crippen LogP contribution in [-0.4, -0.2) is 5.16 Å². The van der Waals surface area contributed by atoms with E-state index < -0.39 is 0 Å². The van der Waals surface area contributed by atoms with Crippen LogP contribution in [0.15, 0.2) is 35.0 Å². The Morgan fingerprint density at radius 3 is 2.50 bits per heavy atom. The monoisotopic (exact) mass is 207 g/mol. The minimum absolute atomic E-state index is 0.342. The second kappa shape index (κ2) is 3.84. The number of hydrogen-bond acceptors (Lipinski definition) is 2. The second-order valence-electron chi connectivity index (χ2n) is 3.06. The Hall–Kier alpha value is -1.28. The van der Waals surface area contributed by atoms with Crippen molar-refractivity contribution in [2.45, 2.75) is 13.3 Å². The molecule has 0 fully saturated rings. The topological polar surface area (TPSA) is 26.0 Å². The molecule has 0 bridgehead atoms. The molecule has 0 amide bonds. The zero-order valence-corrected chi connectivity index (χ0v) is 8.58. The van der Waals surface area contributed by atoms with E-state index in [4.69, 9.17) is 16.1 Å². The summed E-state index contributed by atoms with van der Waals surface area (Å²) in [6, 6.07) is 8.21. The van der Waals surface area contributed by atoms with E-state index in [1.165, 1.54) is 5.56 Å². The predicted molar refractivity (Wildman–Crippen MR) is 56.3 cm³/mol. The molecule has 3 heteroatoms. The number of aromatic nitrogens is 1. The molecule has 0 saturated carbocycles. The maximum absolute atomic E-state index is 5.82. The highest BCUT2D eigenvalue weighted by Crippen LogP contribution is 2.27. The first-order valence-corrected chi connectivity index (χ1v) is 4.88. The van der Waals surface area contributed by atoms with E-state index in [9.17, 15) is 0 Å². The summed E-state index contributed by atoms with van der Waals surface area (Å²) in [7, 11) is 0. The molecule has 0 radical (unpaired) electrons. The van der Waals surface area contributed by atoms with E-state index in [0.717, 1.165) is 17.5 Å². The van der Waals surface area contributed by atoms with Gasteiger partial charge in [0, 0.05) is 0 Å². The van der Waals surface area contributed by atoms with Crippen molar-refractivity contribution < 1.29 is 4.52 Å². The lowest BCUT2D eigenvalue weighted by molar-refractivity contribution is 0.422. The van der Waals surface area contributed by atoms with Crippen LogP contribution in [0.5, 0.6) is 0 Å². The Labute approximate surface area is 87.5 Å². The van der Waals surface area contributed by atoms with Crippen molar-refractivity contribution in [1.82, 2.24) is 5.16 Å². The number of nitrogens with zero attached hydrogens (tertiary/aromatic N) is 1. The molecule has 0 atom stereocenters. The molecular formula is C11H10ClNO. The van der Waals surface area contributed by atoms with Crippen molar-refractivity contribution in [3.63, 3.8) is 0 Å². The summed E-state index contributed by atoms with van der Waals surface area (Å²) in [6.45, 7) is 2.13. The molecule has 0 aliphatic carbocycles. The zero-order valence-electron chi connectivity index (χ0n) is 7.83. The molecule has 1 aromatic carbocycles. The lowest BCUT2D eigenvalue weighted by atomic mass is 10.1. The third-order valence-corrected chi connectivity index (χ3v) is 2.47. The Morgan fingerprint density at radius 1 is 1.29 bits per heavy atom. The fraction of sp³-hybridized carbons (Fsp3) is 0.182. The summed E-state index contributed by atoms with van der Waals surface area (Å²) in [5.74, 6) is 0. The van der Waals surface area contributed by atoms with Gasteiger partial charge in [0.1, 0.15) is 0 Å². The van der Waals surface area contributed by atoms with Gasteiger partial charge in [0.15, 0.2) is 0 Å². The standard InChI is InChI=1S/C11H10ClNO/c1-2-8-3-5-9(6-4-8)10-7-13-14-11(10)12/h3-7H,2H2,1H3. The minimum Gasteiger partial charge on any atom is -0.344 e. The van der Waals surface area contributed by atoms with Gasteiger partial charge in [0.05, 0.1) is 11.8 Å². The van der Waals surface area contributed by atoms with Crippen LogP contribution in [0.1, 0.15) is 12.5 Å². The summed E-state index contributed by atoms with van der Waals surface area (Å²) in [6.07, 6.45) is 2.67. The van der Waals surface area contributed by atoms with Crippen LogP contribution in [0, 0.1) is 0 Å². The Kier molecular flexibility index (Phi) is 2.55. The maximum atomic E-state index is 5.82. The van der Waals surface area contributed by atoms with Gasteiger partial charge < -0.3 is 4.52 Å². The van der Waals surface area contributed by atoms with E-state index in [1.54, 1.807) is 6.20 Å². The van der Waals surface area contributed by atoms with Gasteiger partial charge in [0.25, 0.3) is 0 Å². The van der Waals surface area contributed by atoms with Crippen LogP contribution in [0.25, 0.3) is 11.1 Å². The highest BCUT2D eigenvalue weighted by atomic mass is 35.5. The molecule has 2 aromatic rings. The van der Waals surface area contributed by atoms with E-state index in [0.29, 0.717) is 5.22 Å². The summed E-state index contributed by atoms with van der Waals surface area (Å²) in [4.78, 5) is 0. The molecule has 0 N–H and O–H groups in total. The number of rotatable bonds is 2. The fourth-order valence-corrected chi connectivity index (χ4v) is 1.53. The van der Waals surface area contributed by atoms with Gasteiger partial charge in [-0.25, -0.2) is 0 Å². The summed E-state index contributed by atoms with van der Waals surface area (Å²) in [5.41, 5.74) is 3.18. The van der Waals surface area contributed by atoms with Crippen LogP contribution in [-0.2, 0) is 6.42 Å². The normalized spacial score (nSPS) is 10.4. The lowest BCUT2D eigenvalue weighted by Crippen LogP contribution is -1.80. The number of hydrogen-bond donors (Lipinski definition) is 0. The van der Waals surface area contributed by atoms with Crippen LogP contribution >= 0.6 is 11.6 Å². The Morgan fingerprint density at radius 2 is 2.00 bits per heavy atom. The molecule has 0 aliphatic heterocycles. The average Bonchev–Trinajstić information content (AvgIpc) is 2.65. The van der Waals surface area contributed by atoms with Gasteiger partial charge in [-0.15, -0.1) is 0 Å². The van der Waals surface area contributed by atoms with Crippen LogP contribution < -0.4 is 0 Å². The van der Waals surface area contributed by atoms with E-state index in [2.05, 4.69) is 24.2 Å². The molecule has 0 unspecified atom stereocenters. The third-order valence-electron chi connectivity index (χ3n) is 2.20. The van der Waals surface area contributed by atoms with Crippen molar-refractivity contribution in [1.29, 1.82) is 0 Å². The van der Waals surface area contributed by atoms with Crippen molar-refractivity contribution in [3.05, 3.63) is 41.2 Å². The zero-order chi connectivity index (χ0) is 9.97. The molecule has 1 aromatic heterocycles. The smallest absolute Gasteiger partial charge is 0.233 e. The summed E-state index contributed by atoms with van der Waals surface area (Å²) in [5, 5.41) is 3.98. The quantitative estimate of drug-likeness (QED) is 0.753. The molecule has 0 aliphatic rings. The predicted octanol–water partition coefficient (Wildman–Crippen LogP) is 3.56. The first-order valence-electron chi connectivity index (χ1n) is 4.50. The molecule has 2 rings (SSSR count). The van der Waals surface area contributed by atoms with Gasteiger partial charge >= 0.3 is 0 Å². The first-order chi connectivity index (χ1) is 6.81. The SMILES string of the molecule is CCc1ccc(-c2cnoc2Cl)cc1. The molecule has 0 spiro atoms. The summed E-state index contributed by atoms with van der Waals surface area (Å²) >= 11 is 5.82. The van der Waals surface area contributed by atoms with Crippen LogP contribution in [0.2, 0.25) is 5.22 Å². The third kappa shape index (κ3) is 1.66. The second-order valence-corrected chi connectivity index (χ2v) is 3.41. The Bertz CT molecular complexity index is 419. The maximum Gasteiger partial charge on any atom is 0.233 e. The molecule has 0 saturated heterocycles. The minimum atomic E-state index is 0.342. The molecule has 72 valence electrons. The number of benzene rings is 1. The van der Waals surface area contributed by atoms with Crippen molar-refractivity contribution in [2.24, 2.45) is 0 Å². The van der Waals surface area contributed by atoms with Gasteiger partial charge in [-0.3, -0.25) is 0 Å². The highest BCUT2D eigenvalue weighted by Gasteiger charge is 2.06. The van der Waals surface area contributed by atoms with Crippen molar-refractivity contribution in [3.8, 4) is 11.1 Å². The largest absolute Gasteiger partial charge is 0.344 e. The van der Waals surface area contributed by atoms with E-state index in [-0.39, 0.29) is 0 Å². The lowest BCUT2D eigenvalue weighted by Gasteiger charge is -1.99. The fourth-order valence-electron chi connectivity index (χ4n) is 1.33. The van der Waals surface area contributed by atoms with Crippen LogP contribution in [0.3, 0.4) is 0 Å². The number of aryl methyl sites for hydroxylation is 1. The first kappa shape index (κ1) is 9.28. The van der Waals surface area contributed by atoms with Gasteiger partial charge in [-0.2, -0.15) is 0 Å². The molecule has 1 heterocycles. The molecular weight excluding hydrogens is 198 g/mol. The van der Waals surface area contributed by atoms with Crippen molar-refractivity contribution in [2.75, 3.05) is 0 Å². The van der Waals surface area contributed by atoms with E-state index >= 15 is 0 Å². The van der Waals surface area contributed by atoms with Gasteiger partial charge in [0.2, 0.25) is 5.22 Å². The van der Waals surface area contributed by atoms with Crippen molar-refractivity contribution >= 4 is 11.6 Å². The van der Waals surface area contributed by atoms with E-state index in [1.807, 2.05) is 12.1 Å².